The fraction of sp³-hybridized carbons (Fsp3) is 0.438. The van der Waals surface area contributed by atoms with Crippen LogP contribution < -0.4 is 5.73 Å². The van der Waals surface area contributed by atoms with Crippen LogP contribution in [0, 0.1) is 5.92 Å². The molecule has 1 aliphatic carbocycles. The van der Waals surface area contributed by atoms with Crippen LogP contribution in [0.2, 0.25) is 0 Å². The summed E-state index contributed by atoms with van der Waals surface area (Å²) in [6, 6.07) is 8.69. The summed E-state index contributed by atoms with van der Waals surface area (Å²) < 4.78 is 5.09. The highest BCUT2D eigenvalue weighted by Crippen LogP contribution is 2.40. The quantitative estimate of drug-likeness (QED) is 0.886. The largest absolute Gasteiger partial charge is 0.384 e. The van der Waals surface area contributed by atoms with E-state index in [0.717, 1.165) is 29.3 Å². The van der Waals surface area contributed by atoms with Crippen LogP contribution in [-0.4, -0.2) is 18.7 Å². The van der Waals surface area contributed by atoms with Gasteiger partial charge in [-0.1, -0.05) is 24.3 Å². The smallest absolute Gasteiger partial charge is 0.110 e. The molecular weight excluding hydrogens is 268 g/mol. The van der Waals surface area contributed by atoms with Crippen LogP contribution >= 0.6 is 11.3 Å². The first-order chi connectivity index (χ1) is 9.78. The Morgan fingerprint density at radius 1 is 1.35 bits per heavy atom. The third-order valence-corrected chi connectivity index (χ3v) is 4.73. The summed E-state index contributed by atoms with van der Waals surface area (Å²) in [6.07, 6.45) is 3.46. The Morgan fingerprint density at radius 3 is 2.75 bits per heavy atom. The number of ether oxygens (including phenoxy) is 1. The first kappa shape index (κ1) is 13.7. The summed E-state index contributed by atoms with van der Waals surface area (Å²) in [7, 11) is 1.73. The van der Waals surface area contributed by atoms with E-state index in [4.69, 9.17) is 15.5 Å². The number of hydrogen-bond acceptors (Lipinski definition) is 4. The molecule has 0 bridgehead atoms. The van der Waals surface area contributed by atoms with Gasteiger partial charge in [0.1, 0.15) is 5.01 Å². The molecule has 2 N–H and O–H groups in total. The molecule has 1 heterocycles. The van der Waals surface area contributed by atoms with Gasteiger partial charge in [-0.3, -0.25) is 0 Å². The average molecular weight is 288 g/mol. The van der Waals surface area contributed by atoms with Gasteiger partial charge < -0.3 is 10.5 Å². The summed E-state index contributed by atoms with van der Waals surface area (Å²) in [5.74, 6) is 0.658. The zero-order valence-corrected chi connectivity index (χ0v) is 12.5. The Morgan fingerprint density at radius 2 is 2.10 bits per heavy atom. The van der Waals surface area contributed by atoms with Gasteiger partial charge in [-0.25, -0.2) is 4.98 Å². The second kappa shape index (κ2) is 6.04. The van der Waals surface area contributed by atoms with E-state index in [2.05, 4.69) is 29.6 Å². The van der Waals surface area contributed by atoms with Crippen LogP contribution in [0.25, 0.3) is 11.3 Å². The maximum absolute atomic E-state index is 6.20. The molecular formula is C16H20N2OS. The number of nitrogens with two attached hydrogens (primary N) is 1. The Balaban J connectivity index is 1.72. The average Bonchev–Trinajstić information content (AvgIpc) is 3.22. The lowest BCUT2D eigenvalue weighted by atomic mass is 10.1. The fourth-order valence-corrected chi connectivity index (χ4v) is 3.21. The van der Waals surface area contributed by atoms with E-state index in [-0.39, 0.29) is 6.04 Å². The number of nitrogens with zero attached hydrogens (tertiary/aromatic N) is 1. The van der Waals surface area contributed by atoms with Crippen LogP contribution in [-0.2, 0) is 11.2 Å². The number of thiazole rings is 1. The van der Waals surface area contributed by atoms with Crippen molar-refractivity contribution in [2.45, 2.75) is 25.3 Å². The van der Waals surface area contributed by atoms with Crippen LogP contribution in [0.4, 0.5) is 0 Å². The number of benzene rings is 1. The van der Waals surface area contributed by atoms with Gasteiger partial charge in [0.15, 0.2) is 0 Å². The molecule has 4 heteroatoms. The molecule has 1 saturated carbocycles. The van der Waals surface area contributed by atoms with Crippen molar-refractivity contribution in [3.63, 3.8) is 0 Å². The van der Waals surface area contributed by atoms with Crippen molar-refractivity contribution in [3.8, 4) is 11.3 Å². The lowest BCUT2D eigenvalue weighted by molar-refractivity contribution is 0.202. The monoisotopic (exact) mass is 288 g/mol. The summed E-state index contributed by atoms with van der Waals surface area (Å²) >= 11 is 1.68. The second-order valence-corrected chi connectivity index (χ2v) is 6.26. The van der Waals surface area contributed by atoms with Crippen LogP contribution in [0.3, 0.4) is 0 Å². The van der Waals surface area contributed by atoms with Gasteiger partial charge in [-0.05, 0) is 30.7 Å². The van der Waals surface area contributed by atoms with Crippen molar-refractivity contribution in [3.05, 3.63) is 40.2 Å². The predicted octanol–water partition coefficient (Wildman–Crippen LogP) is 3.41. The molecule has 0 spiro atoms. The summed E-state index contributed by atoms with van der Waals surface area (Å²) in [6.45, 7) is 0.760. The summed E-state index contributed by atoms with van der Waals surface area (Å²) in [4.78, 5) is 4.70. The van der Waals surface area contributed by atoms with Gasteiger partial charge in [0.25, 0.3) is 0 Å². The minimum atomic E-state index is 0.134. The Labute approximate surface area is 123 Å². The molecule has 3 nitrogen and oxygen atoms in total. The second-order valence-electron chi connectivity index (χ2n) is 5.37. The van der Waals surface area contributed by atoms with Crippen LogP contribution in [0.5, 0.6) is 0 Å². The van der Waals surface area contributed by atoms with E-state index in [1.807, 2.05) is 0 Å². The highest BCUT2D eigenvalue weighted by atomic mass is 32.1. The van der Waals surface area contributed by atoms with E-state index in [1.54, 1.807) is 18.4 Å². The molecule has 1 atom stereocenters. The standard InChI is InChI=1S/C16H20N2OS/c1-19-9-8-11-2-4-12(5-3-11)14-10-20-16(18-14)15(17)13-6-7-13/h2-5,10,13,15H,6-9,17H2,1H3. The van der Waals surface area contributed by atoms with Gasteiger partial charge in [-0.2, -0.15) is 0 Å². The third-order valence-electron chi connectivity index (χ3n) is 3.78. The first-order valence-corrected chi connectivity index (χ1v) is 7.95. The highest BCUT2D eigenvalue weighted by molar-refractivity contribution is 7.10. The molecule has 0 aliphatic heterocycles. The van der Waals surface area contributed by atoms with Crippen LogP contribution in [0.1, 0.15) is 29.5 Å². The first-order valence-electron chi connectivity index (χ1n) is 7.07. The fourth-order valence-electron chi connectivity index (χ4n) is 2.29. The topological polar surface area (TPSA) is 48.1 Å². The lowest BCUT2D eigenvalue weighted by Gasteiger charge is -2.05. The highest BCUT2D eigenvalue weighted by Gasteiger charge is 2.31. The molecule has 0 radical (unpaired) electrons. The Kier molecular flexibility index (Phi) is 4.15. The normalized spacial score (nSPS) is 16.3. The summed E-state index contributed by atoms with van der Waals surface area (Å²) in [5.41, 5.74) is 9.70. The molecule has 0 saturated heterocycles. The maximum atomic E-state index is 6.20. The number of hydrogen-bond donors (Lipinski definition) is 1. The van der Waals surface area contributed by atoms with Gasteiger partial charge in [0.2, 0.25) is 0 Å². The zero-order chi connectivity index (χ0) is 13.9. The van der Waals surface area contributed by atoms with Crippen molar-refractivity contribution >= 4 is 11.3 Å². The number of rotatable bonds is 6. The minimum absolute atomic E-state index is 0.134. The molecule has 1 unspecified atom stereocenters. The van der Waals surface area contributed by atoms with E-state index in [9.17, 15) is 0 Å². The Hall–Kier alpha value is -1.23. The van der Waals surface area contributed by atoms with Crippen LogP contribution in [0.15, 0.2) is 29.6 Å². The van der Waals surface area contributed by atoms with E-state index < -0.39 is 0 Å². The van der Waals surface area contributed by atoms with Crippen molar-refractivity contribution in [1.82, 2.24) is 4.98 Å². The SMILES string of the molecule is COCCc1ccc(-c2csc(C(N)C3CC3)n2)cc1. The molecule has 2 aromatic rings. The Bertz CT molecular complexity index is 560. The molecule has 20 heavy (non-hydrogen) atoms. The molecule has 1 aromatic carbocycles. The van der Waals surface area contributed by atoms with Gasteiger partial charge in [-0.15, -0.1) is 11.3 Å². The van der Waals surface area contributed by atoms with Crippen molar-refractivity contribution in [2.75, 3.05) is 13.7 Å². The third kappa shape index (κ3) is 3.08. The van der Waals surface area contributed by atoms with Gasteiger partial charge in [0, 0.05) is 18.1 Å². The molecule has 1 aromatic heterocycles. The van der Waals surface area contributed by atoms with E-state index in [0.29, 0.717) is 5.92 Å². The van der Waals surface area contributed by atoms with E-state index in [1.165, 1.54) is 18.4 Å². The molecule has 1 aliphatic rings. The molecule has 0 amide bonds. The number of methoxy groups -OCH3 is 1. The predicted molar refractivity (Wildman–Crippen MR) is 82.8 cm³/mol. The van der Waals surface area contributed by atoms with E-state index >= 15 is 0 Å². The van der Waals surface area contributed by atoms with Gasteiger partial charge >= 0.3 is 0 Å². The number of aromatic nitrogens is 1. The van der Waals surface area contributed by atoms with Crippen molar-refractivity contribution < 1.29 is 4.74 Å². The maximum Gasteiger partial charge on any atom is 0.110 e. The zero-order valence-electron chi connectivity index (χ0n) is 11.7. The molecule has 3 rings (SSSR count). The molecule has 1 fully saturated rings. The lowest BCUT2D eigenvalue weighted by Crippen LogP contribution is -2.11. The van der Waals surface area contributed by atoms with Crippen molar-refractivity contribution in [1.29, 1.82) is 0 Å². The van der Waals surface area contributed by atoms with Gasteiger partial charge in [0.05, 0.1) is 18.3 Å². The minimum Gasteiger partial charge on any atom is -0.384 e. The summed E-state index contributed by atoms with van der Waals surface area (Å²) in [5, 5.41) is 3.19. The molecule has 106 valence electrons. The van der Waals surface area contributed by atoms with Crippen molar-refractivity contribution in [2.24, 2.45) is 11.7 Å².